The zero-order valence-electron chi connectivity index (χ0n) is 11.7. The van der Waals surface area contributed by atoms with Crippen molar-refractivity contribution in [2.45, 2.75) is 38.3 Å². The largest absolute Gasteiger partial charge is 0.376 e. The summed E-state index contributed by atoms with van der Waals surface area (Å²) in [4.78, 5) is 9.36. The molecule has 4 nitrogen and oxygen atoms in total. The maximum Gasteiger partial charge on any atom is 0.148 e. The zero-order chi connectivity index (χ0) is 13.5. The number of para-hydroxylation sites is 2. The average Bonchev–Trinajstić information content (AvgIpc) is 3.20. The number of hydrogen-bond acceptors (Lipinski definition) is 4. The number of aryl methyl sites for hydroxylation is 1. The van der Waals surface area contributed by atoms with E-state index < -0.39 is 0 Å². The Morgan fingerprint density at radius 2 is 1.85 bits per heavy atom. The first-order valence-corrected chi connectivity index (χ1v) is 7.43. The molecular weight excluding hydrogens is 250 g/mol. The minimum Gasteiger partial charge on any atom is -0.376 e. The number of hydrogen-bond donors (Lipinski definition) is 1. The van der Waals surface area contributed by atoms with Crippen LogP contribution in [0, 0.1) is 12.8 Å². The number of aromatic nitrogens is 2. The second-order valence-corrected chi connectivity index (χ2v) is 5.86. The number of ether oxygens (including phenoxy) is 1. The van der Waals surface area contributed by atoms with Crippen LogP contribution in [0.25, 0.3) is 11.0 Å². The molecule has 1 aromatic carbocycles. The first kappa shape index (κ1) is 12.1. The van der Waals surface area contributed by atoms with Crippen LogP contribution in [0.2, 0.25) is 0 Å². The van der Waals surface area contributed by atoms with E-state index in [0.717, 1.165) is 41.5 Å². The predicted molar refractivity (Wildman–Crippen MR) is 78.8 cm³/mol. The van der Waals surface area contributed by atoms with Gasteiger partial charge in [0.1, 0.15) is 5.82 Å². The Hall–Kier alpha value is -1.68. The topological polar surface area (TPSA) is 47.0 Å². The molecule has 20 heavy (non-hydrogen) atoms. The van der Waals surface area contributed by atoms with E-state index in [2.05, 4.69) is 10.3 Å². The predicted octanol–water partition coefficient (Wildman–Crippen LogP) is 2.92. The van der Waals surface area contributed by atoms with Crippen LogP contribution >= 0.6 is 0 Å². The molecule has 1 N–H and O–H groups in total. The molecule has 1 aliphatic heterocycles. The fourth-order valence-corrected chi connectivity index (χ4v) is 3.06. The van der Waals surface area contributed by atoms with E-state index >= 15 is 0 Å². The summed E-state index contributed by atoms with van der Waals surface area (Å²) in [7, 11) is 0. The summed E-state index contributed by atoms with van der Waals surface area (Å²) in [6.45, 7) is 2.88. The highest BCUT2D eigenvalue weighted by molar-refractivity contribution is 5.76. The van der Waals surface area contributed by atoms with E-state index in [0.29, 0.717) is 12.1 Å². The molecule has 4 heteroatoms. The molecule has 1 aliphatic carbocycles. The van der Waals surface area contributed by atoms with Crippen molar-refractivity contribution >= 4 is 16.9 Å². The van der Waals surface area contributed by atoms with Gasteiger partial charge in [0.15, 0.2) is 0 Å². The zero-order valence-corrected chi connectivity index (χ0v) is 11.7. The molecule has 4 rings (SSSR count). The van der Waals surface area contributed by atoms with Crippen LogP contribution in [0.4, 0.5) is 5.82 Å². The fraction of sp³-hybridized carbons (Fsp3) is 0.500. The summed E-state index contributed by atoms with van der Waals surface area (Å²) in [6.07, 6.45) is 4.05. The smallest absolute Gasteiger partial charge is 0.148 e. The van der Waals surface area contributed by atoms with Gasteiger partial charge in [-0.2, -0.15) is 0 Å². The fourth-order valence-electron chi connectivity index (χ4n) is 3.06. The second kappa shape index (κ2) is 4.70. The van der Waals surface area contributed by atoms with Crippen LogP contribution in [0.3, 0.4) is 0 Å². The Morgan fingerprint density at radius 1 is 1.10 bits per heavy atom. The normalized spacial score (nSPS) is 26.1. The maximum absolute atomic E-state index is 5.88. The van der Waals surface area contributed by atoms with Gasteiger partial charge in [0.2, 0.25) is 0 Å². The van der Waals surface area contributed by atoms with E-state index in [9.17, 15) is 0 Å². The van der Waals surface area contributed by atoms with E-state index in [1.807, 2.05) is 31.2 Å². The molecule has 2 atom stereocenters. The van der Waals surface area contributed by atoms with E-state index in [1.165, 1.54) is 12.8 Å². The molecular formula is C16H19N3O. The molecule has 0 spiro atoms. The number of anilines is 1. The lowest BCUT2D eigenvalue weighted by Gasteiger charge is -2.21. The molecule has 0 bridgehead atoms. The monoisotopic (exact) mass is 269 g/mol. The lowest BCUT2D eigenvalue weighted by molar-refractivity contribution is 0.0898. The van der Waals surface area contributed by atoms with E-state index in [-0.39, 0.29) is 0 Å². The third-order valence-corrected chi connectivity index (χ3v) is 4.29. The first-order chi connectivity index (χ1) is 9.81. The van der Waals surface area contributed by atoms with E-state index in [4.69, 9.17) is 9.72 Å². The Morgan fingerprint density at radius 3 is 2.60 bits per heavy atom. The van der Waals surface area contributed by atoms with Gasteiger partial charge in [0, 0.05) is 6.61 Å². The summed E-state index contributed by atoms with van der Waals surface area (Å²) in [5.74, 6) is 1.66. The summed E-state index contributed by atoms with van der Waals surface area (Å²) < 4.78 is 5.88. The van der Waals surface area contributed by atoms with Crippen molar-refractivity contribution in [3.8, 4) is 0 Å². The van der Waals surface area contributed by atoms with Crippen molar-refractivity contribution in [3.63, 3.8) is 0 Å². The molecule has 1 saturated heterocycles. The van der Waals surface area contributed by atoms with Gasteiger partial charge in [0.25, 0.3) is 0 Å². The summed E-state index contributed by atoms with van der Waals surface area (Å²) in [5.41, 5.74) is 2.87. The number of nitrogens with one attached hydrogen (secondary N) is 1. The van der Waals surface area contributed by atoms with Gasteiger partial charge in [-0.3, -0.25) is 0 Å². The van der Waals surface area contributed by atoms with Crippen molar-refractivity contribution < 1.29 is 4.74 Å². The standard InChI is InChI=1S/C16H19N3O/c1-10-16(18-13-5-3-2-4-12(13)17-10)19-14-8-9-20-15(14)11-6-7-11/h2-5,11,14-15H,6-9H2,1H3,(H,18,19). The van der Waals surface area contributed by atoms with Crippen LogP contribution in [0.1, 0.15) is 25.0 Å². The third kappa shape index (κ3) is 2.14. The number of benzene rings is 1. The van der Waals surface area contributed by atoms with Gasteiger partial charge in [0.05, 0.1) is 28.9 Å². The molecule has 2 aliphatic rings. The van der Waals surface area contributed by atoms with Crippen molar-refractivity contribution in [3.05, 3.63) is 30.0 Å². The van der Waals surface area contributed by atoms with Crippen LogP contribution in [-0.4, -0.2) is 28.7 Å². The van der Waals surface area contributed by atoms with Crippen LogP contribution in [-0.2, 0) is 4.74 Å². The van der Waals surface area contributed by atoms with Crippen LogP contribution in [0.5, 0.6) is 0 Å². The number of fused-ring (bicyclic) bond motifs is 1. The van der Waals surface area contributed by atoms with Gasteiger partial charge in [-0.05, 0) is 44.2 Å². The average molecular weight is 269 g/mol. The maximum atomic E-state index is 5.88. The van der Waals surface area contributed by atoms with Gasteiger partial charge in [-0.15, -0.1) is 0 Å². The van der Waals surface area contributed by atoms with Crippen LogP contribution < -0.4 is 5.32 Å². The van der Waals surface area contributed by atoms with Gasteiger partial charge < -0.3 is 10.1 Å². The van der Waals surface area contributed by atoms with Crippen molar-refractivity contribution in [1.82, 2.24) is 9.97 Å². The minimum absolute atomic E-state index is 0.364. The number of nitrogens with zero attached hydrogens (tertiary/aromatic N) is 2. The molecule has 1 saturated carbocycles. The highest BCUT2D eigenvalue weighted by atomic mass is 16.5. The summed E-state index contributed by atoms with van der Waals surface area (Å²) >= 11 is 0. The van der Waals surface area contributed by atoms with Crippen LogP contribution in [0.15, 0.2) is 24.3 Å². The highest BCUT2D eigenvalue weighted by Crippen LogP contribution is 2.39. The lowest BCUT2D eigenvalue weighted by atomic mass is 10.1. The van der Waals surface area contributed by atoms with Crippen molar-refractivity contribution in [1.29, 1.82) is 0 Å². The quantitative estimate of drug-likeness (QED) is 0.930. The van der Waals surface area contributed by atoms with Gasteiger partial charge in [-0.1, -0.05) is 12.1 Å². The Kier molecular flexibility index (Phi) is 2.84. The van der Waals surface area contributed by atoms with Crippen molar-refractivity contribution in [2.24, 2.45) is 5.92 Å². The second-order valence-electron chi connectivity index (χ2n) is 5.86. The van der Waals surface area contributed by atoms with Gasteiger partial charge in [-0.25, -0.2) is 9.97 Å². The Labute approximate surface area is 118 Å². The molecule has 2 aromatic rings. The highest BCUT2D eigenvalue weighted by Gasteiger charge is 2.40. The van der Waals surface area contributed by atoms with E-state index in [1.54, 1.807) is 0 Å². The number of rotatable bonds is 3. The third-order valence-electron chi connectivity index (χ3n) is 4.29. The molecule has 2 fully saturated rings. The molecule has 1 aromatic heterocycles. The van der Waals surface area contributed by atoms with Crippen molar-refractivity contribution in [2.75, 3.05) is 11.9 Å². The first-order valence-electron chi connectivity index (χ1n) is 7.43. The molecule has 0 radical (unpaired) electrons. The Balaban J connectivity index is 1.62. The van der Waals surface area contributed by atoms with Gasteiger partial charge >= 0.3 is 0 Å². The summed E-state index contributed by atoms with van der Waals surface area (Å²) in [6, 6.07) is 8.40. The molecule has 0 amide bonds. The lowest BCUT2D eigenvalue weighted by Crippen LogP contribution is -2.31. The summed E-state index contributed by atoms with van der Waals surface area (Å²) in [5, 5.41) is 3.57. The minimum atomic E-state index is 0.364. The molecule has 2 unspecified atom stereocenters. The molecule has 104 valence electrons. The SMILES string of the molecule is Cc1nc2ccccc2nc1NC1CCOC1C1CC1. The molecule has 2 heterocycles. The Bertz CT molecular complexity index is 639.